The van der Waals surface area contributed by atoms with Gasteiger partial charge in [0.25, 0.3) is 0 Å². The Hall–Kier alpha value is -1.56. The number of methoxy groups -OCH3 is 1. The maximum absolute atomic E-state index is 11.1. The number of hydrogen-bond acceptors (Lipinski definition) is 3. The average Bonchev–Trinajstić information content (AvgIpc) is 2.49. The topological polar surface area (TPSA) is 35.5 Å². The van der Waals surface area contributed by atoms with Crippen LogP contribution in [0.15, 0.2) is 36.4 Å². The summed E-state index contributed by atoms with van der Waals surface area (Å²) in [5.74, 6) is 0.318. The summed E-state index contributed by atoms with van der Waals surface area (Å²) in [7, 11) is 1.35. The van der Waals surface area contributed by atoms with Crippen LogP contribution >= 0.6 is 0 Å². The lowest BCUT2D eigenvalue weighted by molar-refractivity contribution is -0.598. The van der Waals surface area contributed by atoms with E-state index in [9.17, 15) is 4.79 Å². The van der Waals surface area contributed by atoms with Gasteiger partial charge in [0.1, 0.15) is 5.75 Å². The molecule has 22 heavy (non-hydrogen) atoms. The normalized spacial score (nSPS) is 10.4. The van der Waals surface area contributed by atoms with Crippen molar-refractivity contribution in [3.05, 3.63) is 60.2 Å². The molecule has 0 fully saturated rings. The summed E-state index contributed by atoms with van der Waals surface area (Å²) in [5.41, 5.74) is 4.06. The Morgan fingerprint density at radius 1 is 1.05 bits per heavy atom. The maximum atomic E-state index is 11.1. The number of aryl methyl sites for hydroxylation is 3. The Morgan fingerprint density at radius 3 is 2.18 bits per heavy atom. The van der Waals surface area contributed by atoms with Crippen LogP contribution in [-0.4, -0.2) is 19.7 Å². The van der Waals surface area contributed by atoms with Gasteiger partial charge in [-0.05, 0) is 45.0 Å². The molecule has 0 heterocycles. The molecule has 4 heteroatoms. The van der Waals surface area contributed by atoms with E-state index in [-0.39, 0.29) is 33.8 Å². The van der Waals surface area contributed by atoms with Gasteiger partial charge in [-0.3, -0.25) is 0 Å². The van der Waals surface area contributed by atoms with Crippen LogP contribution in [-0.2, 0) is 9.53 Å². The maximum Gasteiger partial charge on any atom is 0.358 e. The van der Waals surface area contributed by atoms with Crippen molar-refractivity contribution in [3.8, 4) is 5.75 Å². The van der Waals surface area contributed by atoms with Crippen LogP contribution in [0.5, 0.6) is 5.75 Å². The van der Waals surface area contributed by atoms with Crippen molar-refractivity contribution >= 4 is 5.97 Å². The van der Waals surface area contributed by atoms with E-state index in [0.717, 1.165) is 0 Å². The zero-order valence-corrected chi connectivity index (χ0v) is 15.4. The van der Waals surface area contributed by atoms with Gasteiger partial charge in [-0.2, -0.15) is 0 Å². The summed E-state index contributed by atoms with van der Waals surface area (Å²) in [5, 5.41) is 0. The second kappa shape index (κ2) is 7.63. The standard InChI is InChI=1S/C18H20IO3/c1-12-9-13(2)18(14(3)10-12)19-15-5-7-16(8-6-15)22-11-17(20)21-4/h5-10H,11H2,1-4H3/q+1. The van der Waals surface area contributed by atoms with Gasteiger partial charge in [0.15, 0.2) is 13.7 Å². The molecule has 0 N–H and O–H groups in total. The van der Waals surface area contributed by atoms with Crippen LogP contribution in [0.2, 0.25) is 0 Å². The Balaban J connectivity index is 2.07. The summed E-state index contributed by atoms with van der Waals surface area (Å²) in [6, 6.07) is 12.5. The van der Waals surface area contributed by atoms with Crippen molar-refractivity contribution in [2.75, 3.05) is 13.7 Å². The predicted molar refractivity (Wildman–Crippen MR) is 82.0 cm³/mol. The summed E-state index contributed by atoms with van der Waals surface area (Å²) >= 11 is -0.213. The molecule has 0 bridgehead atoms. The van der Waals surface area contributed by atoms with Crippen molar-refractivity contribution in [3.63, 3.8) is 0 Å². The van der Waals surface area contributed by atoms with Gasteiger partial charge in [0, 0.05) is 11.1 Å². The van der Waals surface area contributed by atoms with Crippen molar-refractivity contribution in [2.24, 2.45) is 0 Å². The molecule has 0 spiro atoms. The minimum atomic E-state index is -0.373. The van der Waals surface area contributed by atoms with Crippen molar-refractivity contribution in [2.45, 2.75) is 20.8 Å². The molecular formula is C18H20IO3+. The molecule has 0 saturated heterocycles. The summed E-state index contributed by atoms with van der Waals surface area (Å²) in [6.07, 6.45) is 0. The smallest absolute Gasteiger partial charge is 0.358 e. The molecule has 0 unspecified atom stereocenters. The second-order valence-electron chi connectivity index (χ2n) is 5.13. The number of rotatable bonds is 5. The fourth-order valence-corrected chi connectivity index (χ4v) is 4.72. The van der Waals surface area contributed by atoms with E-state index >= 15 is 0 Å². The summed E-state index contributed by atoms with van der Waals surface area (Å²) < 4.78 is 12.7. The van der Waals surface area contributed by atoms with Crippen LogP contribution in [0, 0.1) is 27.9 Å². The Bertz CT molecular complexity index is 640. The third kappa shape index (κ3) is 4.47. The summed E-state index contributed by atoms with van der Waals surface area (Å²) in [6.45, 7) is 6.45. The number of benzene rings is 2. The molecule has 2 aromatic carbocycles. The van der Waals surface area contributed by atoms with Crippen molar-refractivity contribution in [1.29, 1.82) is 0 Å². The van der Waals surface area contributed by atoms with Gasteiger partial charge < -0.3 is 9.47 Å². The lowest BCUT2D eigenvalue weighted by atomic mass is 10.1. The lowest BCUT2D eigenvalue weighted by Gasteiger charge is -2.04. The van der Waals surface area contributed by atoms with Crippen molar-refractivity contribution in [1.82, 2.24) is 0 Å². The van der Waals surface area contributed by atoms with Crippen LogP contribution < -0.4 is 25.9 Å². The van der Waals surface area contributed by atoms with Gasteiger partial charge in [-0.15, -0.1) is 0 Å². The third-order valence-corrected chi connectivity index (χ3v) is 6.77. The van der Waals surface area contributed by atoms with E-state index in [1.165, 1.54) is 30.9 Å². The fraction of sp³-hybridized carbons (Fsp3) is 0.278. The Morgan fingerprint density at radius 2 is 1.64 bits per heavy atom. The predicted octanol–water partition coefficient (Wildman–Crippen LogP) is 0.292. The number of carbonyl (C=O) groups excluding carboxylic acids is 1. The summed E-state index contributed by atoms with van der Waals surface area (Å²) in [4.78, 5) is 11.1. The van der Waals surface area contributed by atoms with Crippen LogP contribution in [0.4, 0.5) is 0 Å². The van der Waals surface area contributed by atoms with E-state index in [0.29, 0.717) is 5.75 Å². The van der Waals surface area contributed by atoms with E-state index < -0.39 is 0 Å². The molecular weight excluding hydrogens is 391 g/mol. The van der Waals surface area contributed by atoms with E-state index in [1.54, 1.807) is 0 Å². The first kappa shape index (κ1) is 16.8. The fourth-order valence-electron chi connectivity index (χ4n) is 2.22. The number of halogens is 1. The van der Waals surface area contributed by atoms with Gasteiger partial charge in [-0.25, -0.2) is 4.79 Å². The zero-order valence-electron chi connectivity index (χ0n) is 13.3. The number of ether oxygens (including phenoxy) is 2. The minimum absolute atomic E-state index is 0.0545. The first-order chi connectivity index (χ1) is 10.5. The monoisotopic (exact) mass is 411 g/mol. The first-order valence-electron chi connectivity index (χ1n) is 7.02. The number of hydrogen-bond donors (Lipinski definition) is 0. The van der Waals surface area contributed by atoms with Crippen LogP contribution in [0.3, 0.4) is 0 Å². The van der Waals surface area contributed by atoms with Gasteiger partial charge in [-0.1, -0.05) is 17.7 Å². The molecule has 0 atom stereocenters. The van der Waals surface area contributed by atoms with E-state index in [4.69, 9.17) is 4.74 Å². The zero-order chi connectivity index (χ0) is 16.1. The van der Waals surface area contributed by atoms with Gasteiger partial charge >= 0.3 is 27.2 Å². The number of carbonyl (C=O) groups is 1. The van der Waals surface area contributed by atoms with Crippen LogP contribution in [0.1, 0.15) is 16.7 Å². The van der Waals surface area contributed by atoms with Gasteiger partial charge in [0.05, 0.1) is 7.11 Å². The van der Waals surface area contributed by atoms with E-state index in [1.807, 2.05) is 12.1 Å². The molecule has 0 aliphatic rings. The highest BCUT2D eigenvalue weighted by Gasteiger charge is 2.21. The highest BCUT2D eigenvalue weighted by atomic mass is 127. The highest BCUT2D eigenvalue weighted by Crippen LogP contribution is 2.09. The quantitative estimate of drug-likeness (QED) is 0.525. The van der Waals surface area contributed by atoms with E-state index in [2.05, 4.69) is 49.8 Å². The van der Waals surface area contributed by atoms with Gasteiger partial charge in [0.2, 0.25) is 0 Å². The highest BCUT2D eigenvalue weighted by molar-refractivity contribution is 5.70. The molecule has 2 rings (SSSR count). The molecule has 116 valence electrons. The second-order valence-corrected chi connectivity index (χ2v) is 7.99. The average molecular weight is 411 g/mol. The van der Waals surface area contributed by atoms with Crippen LogP contribution in [0.25, 0.3) is 0 Å². The molecule has 3 nitrogen and oxygen atoms in total. The lowest BCUT2D eigenvalue weighted by Crippen LogP contribution is -3.62. The largest absolute Gasteiger partial charge is 0.482 e. The van der Waals surface area contributed by atoms with Crippen molar-refractivity contribution < 1.29 is 35.5 Å². The molecule has 0 amide bonds. The SMILES string of the molecule is COC(=O)COc1ccc([I+]c2c(C)cc(C)cc2C)cc1. The third-order valence-electron chi connectivity index (χ3n) is 3.18. The minimum Gasteiger partial charge on any atom is -0.482 e. The molecule has 0 aliphatic carbocycles. The number of esters is 1. The Kier molecular flexibility index (Phi) is 5.83. The molecule has 0 aliphatic heterocycles. The molecule has 2 aromatic rings. The Labute approximate surface area is 141 Å². The first-order valence-corrected chi connectivity index (χ1v) is 9.17. The molecule has 0 saturated carbocycles. The molecule has 0 radical (unpaired) electrons. The molecule has 0 aromatic heterocycles.